The van der Waals surface area contributed by atoms with Crippen molar-refractivity contribution in [2.75, 3.05) is 12.1 Å². The molecule has 0 spiro atoms. The first-order valence-corrected chi connectivity index (χ1v) is 9.01. The van der Waals surface area contributed by atoms with E-state index in [2.05, 4.69) is 36.3 Å². The number of benzene rings is 2. The van der Waals surface area contributed by atoms with Gasteiger partial charge in [-0.2, -0.15) is 0 Å². The van der Waals surface area contributed by atoms with Crippen molar-refractivity contribution in [2.24, 2.45) is 0 Å². The highest BCUT2D eigenvalue weighted by Gasteiger charge is 2.17. The van der Waals surface area contributed by atoms with Crippen LogP contribution in [0.2, 0.25) is 0 Å². The number of nitrogens with one attached hydrogen (secondary N) is 1. The fourth-order valence-corrected chi connectivity index (χ4v) is 2.89. The number of carbonyl (C=O) groups excluding carboxylic acids is 1. The number of nitrogens with zero attached hydrogens (tertiary/aromatic N) is 2. The van der Waals surface area contributed by atoms with Gasteiger partial charge in [-0.3, -0.25) is 10.1 Å². The average molecular weight is 379 g/mol. The van der Waals surface area contributed by atoms with Crippen molar-refractivity contribution in [2.45, 2.75) is 32.6 Å². The normalized spacial score (nSPS) is 12.8. The lowest BCUT2D eigenvalue weighted by Crippen LogP contribution is -2.14. The Morgan fingerprint density at radius 3 is 2.54 bits per heavy atom. The minimum Gasteiger partial charge on any atom is -0.454 e. The summed E-state index contributed by atoms with van der Waals surface area (Å²) in [7, 11) is 0. The molecule has 2 heterocycles. The quantitative estimate of drug-likeness (QED) is 0.739. The SMILES string of the molecule is CC(C)(C)c1ccc(C(=O)Nc2nnc(Cc3ccc4c(c3)OCO4)o2)cc1. The molecule has 0 saturated carbocycles. The van der Waals surface area contributed by atoms with Crippen molar-refractivity contribution in [3.63, 3.8) is 0 Å². The van der Waals surface area contributed by atoms with Gasteiger partial charge in [0.2, 0.25) is 12.7 Å². The number of hydrogen-bond donors (Lipinski definition) is 1. The predicted octanol–water partition coefficient (Wildman–Crippen LogP) is 3.94. The standard InChI is InChI=1S/C21H21N3O4/c1-21(2,3)15-7-5-14(6-8-15)19(25)22-20-24-23-18(28-20)11-13-4-9-16-17(10-13)27-12-26-16/h4-10H,11-12H2,1-3H3,(H,22,24,25). The van der Waals surface area contributed by atoms with Gasteiger partial charge in [-0.1, -0.05) is 44.1 Å². The molecule has 1 N–H and O–H groups in total. The summed E-state index contributed by atoms with van der Waals surface area (Å²) in [6.45, 7) is 6.61. The van der Waals surface area contributed by atoms with Crippen molar-refractivity contribution in [1.82, 2.24) is 10.2 Å². The maximum Gasteiger partial charge on any atom is 0.322 e. The second kappa shape index (κ2) is 6.99. The Morgan fingerprint density at radius 2 is 1.79 bits per heavy atom. The molecule has 28 heavy (non-hydrogen) atoms. The van der Waals surface area contributed by atoms with Crippen molar-refractivity contribution in [3.05, 3.63) is 65.0 Å². The molecular weight excluding hydrogens is 358 g/mol. The molecule has 0 bridgehead atoms. The van der Waals surface area contributed by atoms with Gasteiger partial charge in [0.25, 0.3) is 5.91 Å². The van der Waals surface area contributed by atoms with E-state index in [9.17, 15) is 4.79 Å². The summed E-state index contributed by atoms with van der Waals surface area (Å²) in [5, 5.41) is 10.5. The molecule has 1 aromatic heterocycles. The highest BCUT2D eigenvalue weighted by atomic mass is 16.7. The summed E-state index contributed by atoms with van der Waals surface area (Å²) < 4.78 is 16.2. The van der Waals surface area contributed by atoms with Crippen LogP contribution in [-0.4, -0.2) is 22.9 Å². The molecule has 3 aromatic rings. The van der Waals surface area contributed by atoms with Crippen LogP contribution in [-0.2, 0) is 11.8 Å². The number of ether oxygens (including phenoxy) is 2. The molecule has 0 saturated heterocycles. The van der Waals surface area contributed by atoms with Crippen molar-refractivity contribution in [1.29, 1.82) is 0 Å². The van der Waals surface area contributed by atoms with Gasteiger partial charge in [0.05, 0.1) is 6.42 Å². The molecular formula is C21H21N3O4. The molecule has 1 aliphatic rings. The smallest absolute Gasteiger partial charge is 0.322 e. The minimum absolute atomic E-state index is 0.0329. The Bertz CT molecular complexity index is 1000. The van der Waals surface area contributed by atoms with Crippen LogP contribution in [0, 0.1) is 0 Å². The molecule has 7 heteroatoms. The summed E-state index contributed by atoms with van der Waals surface area (Å²) in [4.78, 5) is 12.4. The molecule has 144 valence electrons. The second-order valence-electron chi connectivity index (χ2n) is 7.65. The Morgan fingerprint density at radius 1 is 1.04 bits per heavy atom. The van der Waals surface area contributed by atoms with E-state index >= 15 is 0 Å². The van der Waals surface area contributed by atoms with E-state index in [1.165, 1.54) is 0 Å². The zero-order valence-electron chi connectivity index (χ0n) is 16.0. The molecule has 1 amide bonds. The molecule has 0 unspecified atom stereocenters. The molecule has 4 rings (SSSR count). The second-order valence-corrected chi connectivity index (χ2v) is 7.65. The largest absolute Gasteiger partial charge is 0.454 e. The number of hydrogen-bond acceptors (Lipinski definition) is 6. The summed E-state index contributed by atoms with van der Waals surface area (Å²) >= 11 is 0. The first-order valence-electron chi connectivity index (χ1n) is 9.01. The summed E-state index contributed by atoms with van der Waals surface area (Å²) in [6, 6.07) is 13.2. The van der Waals surface area contributed by atoms with Gasteiger partial charge in [-0.15, -0.1) is 5.10 Å². The Balaban J connectivity index is 1.41. The van der Waals surface area contributed by atoms with Crippen molar-refractivity contribution in [3.8, 4) is 11.5 Å². The maximum absolute atomic E-state index is 12.4. The first-order chi connectivity index (χ1) is 13.4. The van der Waals surface area contributed by atoms with E-state index in [0.717, 1.165) is 16.9 Å². The van der Waals surface area contributed by atoms with Gasteiger partial charge < -0.3 is 13.9 Å². The van der Waals surface area contributed by atoms with Gasteiger partial charge in [0.15, 0.2) is 11.5 Å². The van der Waals surface area contributed by atoms with Crippen LogP contribution < -0.4 is 14.8 Å². The van der Waals surface area contributed by atoms with Crippen LogP contribution in [0.25, 0.3) is 0 Å². The minimum atomic E-state index is -0.293. The van der Waals surface area contributed by atoms with E-state index in [1.54, 1.807) is 12.1 Å². The monoisotopic (exact) mass is 379 g/mol. The number of amides is 1. The van der Waals surface area contributed by atoms with Crippen LogP contribution in [0.5, 0.6) is 11.5 Å². The topological polar surface area (TPSA) is 86.5 Å². The van der Waals surface area contributed by atoms with Gasteiger partial charge in [-0.25, -0.2) is 0 Å². The van der Waals surface area contributed by atoms with E-state index < -0.39 is 0 Å². The van der Waals surface area contributed by atoms with E-state index in [4.69, 9.17) is 13.9 Å². The third-order valence-corrected chi connectivity index (χ3v) is 4.49. The number of rotatable bonds is 4. The molecule has 2 aromatic carbocycles. The highest BCUT2D eigenvalue weighted by Crippen LogP contribution is 2.33. The van der Waals surface area contributed by atoms with E-state index in [0.29, 0.717) is 23.6 Å². The van der Waals surface area contributed by atoms with Crippen LogP contribution >= 0.6 is 0 Å². The zero-order valence-corrected chi connectivity index (χ0v) is 16.0. The lowest BCUT2D eigenvalue weighted by atomic mass is 9.87. The van der Waals surface area contributed by atoms with Crippen LogP contribution in [0.4, 0.5) is 6.01 Å². The van der Waals surface area contributed by atoms with Gasteiger partial charge in [0.1, 0.15) is 0 Å². The number of carbonyl (C=O) groups is 1. The number of fused-ring (bicyclic) bond motifs is 1. The molecule has 0 aliphatic carbocycles. The molecule has 0 fully saturated rings. The predicted molar refractivity (Wildman–Crippen MR) is 103 cm³/mol. The Kier molecular flexibility index (Phi) is 4.50. The summed E-state index contributed by atoms with van der Waals surface area (Å²) in [6.07, 6.45) is 0.430. The zero-order chi connectivity index (χ0) is 19.7. The van der Waals surface area contributed by atoms with Crippen LogP contribution in [0.3, 0.4) is 0 Å². The van der Waals surface area contributed by atoms with Gasteiger partial charge in [-0.05, 0) is 40.8 Å². The Hall–Kier alpha value is -3.35. The molecule has 7 nitrogen and oxygen atoms in total. The lowest BCUT2D eigenvalue weighted by Gasteiger charge is -2.18. The van der Waals surface area contributed by atoms with Crippen LogP contribution in [0.1, 0.15) is 48.1 Å². The van der Waals surface area contributed by atoms with Crippen molar-refractivity contribution < 1.29 is 18.7 Å². The summed E-state index contributed by atoms with van der Waals surface area (Å²) in [5.74, 6) is 1.53. The molecule has 0 radical (unpaired) electrons. The third-order valence-electron chi connectivity index (χ3n) is 4.49. The van der Waals surface area contributed by atoms with Gasteiger partial charge in [0, 0.05) is 5.56 Å². The van der Waals surface area contributed by atoms with E-state index in [1.807, 2.05) is 30.3 Å². The fraction of sp³-hybridized carbons (Fsp3) is 0.286. The van der Waals surface area contributed by atoms with E-state index in [-0.39, 0.29) is 24.1 Å². The third kappa shape index (κ3) is 3.83. The maximum atomic E-state index is 12.4. The van der Waals surface area contributed by atoms with Crippen LogP contribution in [0.15, 0.2) is 46.9 Å². The van der Waals surface area contributed by atoms with Gasteiger partial charge >= 0.3 is 6.01 Å². The summed E-state index contributed by atoms with van der Waals surface area (Å²) in [5.41, 5.74) is 2.67. The Labute approximate surface area is 162 Å². The number of anilines is 1. The average Bonchev–Trinajstić information content (AvgIpc) is 3.30. The lowest BCUT2D eigenvalue weighted by molar-refractivity contribution is 0.102. The van der Waals surface area contributed by atoms with Crippen molar-refractivity contribution >= 4 is 11.9 Å². The number of aromatic nitrogens is 2. The molecule has 1 aliphatic heterocycles. The highest BCUT2D eigenvalue weighted by molar-refractivity contribution is 6.03. The fourth-order valence-electron chi connectivity index (χ4n) is 2.89. The first kappa shape index (κ1) is 18.0. The molecule has 0 atom stereocenters.